The zero-order valence-corrected chi connectivity index (χ0v) is 13.3. The van der Waals surface area contributed by atoms with Crippen LogP contribution in [0.1, 0.15) is 50.4 Å². The van der Waals surface area contributed by atoms with E-state index in [1.807, 2.05) is 0 Å². The van der Waals surface area contributed by atoms with Gasteiger partial charge in [0.2, 0.25) is 5.76 Å². The van der Waals surface area contributed by atoms with E-state index in [1.54, 1.807) is 13.0 Å². The second-order valence-electron chi connectivity index (χ2n) is 5.71. The standard InChI is InChI=1S/C15H17N3O3S/c1-7-3-4-9-11(5-7)22-15(12(9)13(16)19)17-14(20)10-6-8(2)18-21-10/h6-7H,3-5H2,1-2H3,(H2,16,19)(H,17,20). The number of aryl methyl sites for hydroxylation is 1. The average Bonchev–Trinajstić information content (AvgIpc) is 3.01. The number of thiophene rings is 1. The van der Waals surface area contributed by atoms with Crippen molar-refractivity contribution in [2.45, 2.75) is 33.1 Å². The summed E-state index contributed by atoms with van der Waals surface area (Å²) in [5.74, 6) is -0.231. The van der Waals surface area contributed by atoms with E-state index in [9.17, 15) is 9.59 Å². The van der Waals surface area contributed by atoms with E-state index in [-0.39, 0.29) is 5.76 Å². The van der Waals surface area contributed by atoms with Crippen molar-refractivity contribution in [1.29, 1.82) is 0 Å². The predicted octanol–water partition coefficient (Wildman–Crippen LogP) is 2.52. The normalized spacial score (nSPS) is 17.1. The molecule has 0 aliphatic heterocycles. The zero-order valence-electron chi connectivity index (χ0n) is 12.4. The van der Waals surface area contributed by atoms with Crippen molar-refractivity contribution in [3.63, 3.8) is 0 Å². The third-order valence-electron chi connectivity index (χ3n) is 3.84. The van der Waals surface area contributed by atoms with Crippen molar-refractivity contribution in [3.05, 3.63) is 33.5 Å². The molecule has 3 rings (SSSR count). The smallest absolute Gasteiger partial charge is 0.294 e. The molecule has 116 valence electrons. The highest BCUT2D eigenvalue weighted by Crippen LogP contribution is 2.39. The average molecular weight is 319 g/mol. The van der Waals surface area contributed by atoms with E-state index in [1.165, 1.54) is 11.3 Å². The maximum Gasteiger partial charge on any atom is 0.294 e. The van der Waals surface area contributed by atoms with Crippen LogP contribution in [0.15, 0.2) is 10.6 Å². The lowest BCUT2D eigenvalue weighted by molar-refractivity contribution is 0.0988. The fourth-order valence-electron chi connectivity index (χ4n) is 2.73. The third kappa shape index (κ3) is 2.64. The Morgan fingerprint density at radius 2 is 2.27 bits per heavy atom. The van der Waals surface area contributed by atoms with Gasteiger partial charge in [0.25, 0.3) is 11.8 Å². The highest BCUT2D eigenvalue weighted by molar-refractivity contribution is 7.17. The molecule has 2 heterocycles. The summed E-state index contributed by atoms with van der Waals surface area (Å²) in [6.45, 7) is 3.92. The highest BCUT2D eigenvalue weighted by Gasteiger charge is 2.27. The van der Waals surface area contributed by atoms with Gasteiger partial charge in [0.1, 0.15) is 5.00 Å². The Labute approximate surface area is 131 Å². The molecule has 1 aliphatic carbocycles. The van der Waals surface area contributed by atoms with Crippen molar-refractivity contribution < 1.29 is 14.1 Å². The van der Waals surface area contributed by atoms with Crippen LogP contribution in [-0.2, 0) is 12.8 Å². The second-order valence-corrected chi connectivity index (χ2v) is 6.81. The Hall–Kier alpha value is -2.15. The molecule has 1 atom stereocenters. The van der Waals surface area contributed by atoms with Crippen molar-refractivity contribution in [1.82, 2.24) is 5.16 Å². The van der Waals surface area contributed by atoms with Gasteiger partial charge in [-0.15, -0.1) is 11.3 Å². The van der Waals surface area contributed by atoms with Crippen molar-refractivity contribution in [2.24, 2.45) is 11.7 Å². The maximum atomic E-state index is 12.2. The van der Waals surface area contributed by atoms with Gasteiger partial charge in [-0.05, 0) is 37.7 Å². The van der Waals surface area contributed by atoms with Crippen LogP contribution < -0.4 is 11.1 Å². The first kappa shape index (κ1) is 14.8. The summed E-state index contributed by atoms with van der Waals surface area (Å²) < 4.78 is 4.94. The van der Waals surface area contributed by atoms with Crippen molar-refractivity contribution in [2.75, 3.05) is 5.32 Å². The van der Waals surface area contributed by atoms with Gasteiger partial charge in [0.05, 0.1) is 11.3 Å². The number of hydrogen-bond acceptors (Lipinski definition) is 5. The Morgan fingerprint density at radius 1 is 1.50 bits per heavy atom. The first-order chi connectivity index (χ1) is 10.5. The molecule has 22 heavy (non-hydrogen) atoms. The van der Waals surface area contributed by atoms with Gasteiger partial charge in [-0.1, -0.05) is 12.1 Å². The summed E-state index contributed by atoms with van der Waals surface area (Å²) in [5, 5.41) is 6.93. The lowest BCUT2D eigenvalue weighted by atomic mass is 9.88. The Balaban J connectivity index is 1.93. The van der Waals surface area contributed by atoms with Gasteiger partial charge in [-0.3, -0.25) is 9.59 Å². The van der Waals surface area contributed by atoms with Gasteiger partial charge in [0, 0.05) is 10.9 Å². The number of anilines is 1. The zero-order chi connectivity index (χ0) is 15.9. The molecule has 1 unspecified atom stereocenters. The van der Waals surface area contributed by atoms with Crippen molar-refractivity contribution >= 4 is 28.2 Å². The van der Waals surface area contributed by atoms with Gasteiger partial charge < -0.3 is 15.6 Å². The molecular weight excluding hydrogens is 302 g/mol. The summed E-state index contributed by atoms with van der Waals surface area (Å²) in [6.07, 6.45) is 2.76. The Bertz CT molecular complexity index is 747. The molecule has 0 radical (unpaired) electrons. The van der Waals surface area contributed by atoms with Crippen LogP contribution in [0.25, 0.3) is 0 Å². The van der Waals surface area contributed by atoms with Crippen LogP contribution in [0.3, 0.4) is 0 Å². The lowest BCUT2D eigenvalue weighted by Crippen LogP contribution is -2.19. The van der Waals surface area contributed by atoms with Crippen LogP contribution in [0, 0.1) is 12.8 Å². The summed E-state index contributed by atoms with van der Waals surface area (Å²) in [6, 6.07) is 1.55. The van der Waals surface area contributed by atoms with Crippen LogP contribution in [0.4, 0.5) is 5.00 Å². The third-order valence-corrected chi connectivity index (χ3v) is 5.01. The van der Waals surface area contributed by atoms with E-state index < -0.39 is 11.8 Å². The largest absolute Gasteiger partial charge is 0.365 e. The lowest BCUT2D eigenvalue weighted by Gasteiger charge is -2.18. The van der Waals surface area contributed by atoms with Crippen LogP contribution >= 0.6 is 11.3 Å². The van der Waals surface area contributed by atoms with Crippen LogP contribution in [-0.4, -0.2) is 17.0 Å². The summed E-state index contributed by atoms with van der Waals surface area (Å²) in [5.41, 5.74) is 7.57. The summed E-state index contributed by atoms with van der Waals surface area (Å²) in [7, 11) is 0. The molecule has 0 fully saturated rings. The fraction of sp³-hybridized carbons (Fsp3) is 0.400. The molecule has 2 amide bonds. The predicted molar refractivity (Wildman–Crippen MR) is 83.2 cm³/mol. The quantitative estimate of drug-likeness (QED) is 0.908. The minimum absolute atomic E-state index is 0.118. The number of nitrogens with one attached hydrogen (secondary N) is 1. The van der Waals surface area contributed by atoms with Gasteiger partial charge in [-0.2, -0.15) is 0 Å². The first-order valence-corrected chi connectivity index (χ1v) is 7.96. The summed E-state index contributed by atoms with van der Waals surface area (Å²) in [4.78, 5) is 25.1. The van der Waals surface area contributed by atoms with E-state index in [0.717, 1.165) is 29.7 Å². The molecule has 1 aliphatic rings. The number of rotatable bonds is 3. The minimum Gasteiger partial charge on any atom is -0.365 e. The van der Waals surface area contributed by atoms with E-state index in [0.29, 0.717) is 22.2 Å². The molecule has 6 nitrogen and oxygen atoms in total. The Morgan fingerprint density at radius 3 is 2.91 bits per heavy atom. The highest BCUT2D eigenvalue weighted by atomic mass is 32.1. The number of carbonyl (C=O) groups excluding carboxylic acids is 2. The van der Waals surface area contributed by atoms with Crippen LogP contribution in [0.2, 0.25) is 0 Å². The number of nitrogens with two attached hydrogens (primary N) is 1. The van der Waals surface area contributed by atoms with Crippen molar-refractivity contribution in [3.8, 4) is 0 Å². The monoisotopic (exact) mass is 319 g/mol. The molecule has 2 aromatic rings. The van der Waals surface area contributed by atoms with Gasteiger partial charge >= 0.3 is 0 Å². The number of primary amides is 1. The molecule has 0 bridgehead atoms. The van der Waals surface area contributed by atoms with E-state index in [2.05, 4.69) is 17.4 Å². The minimum atomic E-state index is -0.504. The number of hydrogen-bond donors (Lipinski definition) is 2. The maximum absolute atomic E-state index is 12.2. The molecular formula is C15H17N3O3S. The fourth-order valence-corrected chi connectivity index (χ4v) is 4.15. The molecule has 7 heteroatoms. The molecule has 0 aromatic carbocycles. The molecule has 0 saturated carbocycles. The molecule has 2 aromatic heterocycles. The SMILES string of the molecule is Cc1cc(C(=O)Nc2sc3c(c2C(N)=O)CCC(C)C3)on1. The van der Waals surface area contributed by atoms with Gasteiger partial charge in [0.15, 0.2) is 0 Å². The molecule has 0 spiro atoms. The number of amides is 2. The number of fused-ring (bicyclic) bond motifs is 1. The first-order valence-electron chi connectivity index (χ1n) is 7.14. The second kappa shape index (κ2) is 5.57. The van der Waals surface area contributed by atoms with E-state index in [4.69, 9.17) is 10.3 Å². The number of carbonyl (C=O) groups is 2. The number of nitrogens with zero attached hydrogens (tertiary/aromatic N) is 1. The van der Waals surface area contributed by atoms with Crippen LogP contribution in [0.5, 0.6) is 0 Å². The molecule has 0 saturated heterocycles. The summed E-state index contributed by atoms with van der Waals surface area (Å²) >= 11 is 1.43. The van der Waals surface area contributed by atoms with E-state index >= 15 is 0 Å². The topological polar surface area (TPSA) is 98.2 Å². The molecule has 3 N–H and O–H groups in total. The van der Waals surface area contributed by atoms with Gasteiger partial charge in [-0.25, -0.2) is 0 Å². The Kier molecular flexibility index (Phi) is 3.74. The number of aromatic nitrogens is 1.